The zero-order chi connectivity index (χ0) is 15.3. The highest BCUT2D eigenvalue weighted by molar-refractivity contribution is 5.79. The van der Waals surface area contributed by atoms with E-state index >= 15 is 0 Å². The van der Waals surface area contributed by atoms with Crippen LogP contribution in [0.25, 0.3) is 0 Å². The number of urea groups is 1. The van der Waals surface area contributed by atoms with Gasteiger partial charge in [-0.25, -0.2) is 4.79 Å². The van der Waals surface area contributed by atoms with Crippen LogP contribution in [0, 0.1) is 5.41 Å². The number of carbonyl (C=O) groups is 2. The lowest BCUT2D eigenvalue weighted by atomic mass is 9.83. The molecule has 2 saturated heterocycles. The maximum absolute atomic E-state index is 12.1. The molecule has 2 fully saturated rings. The van der Waals surface area contributed by atoms with Gasteiger partial charge < -0.3 is 20.1 Å². The van der Waals surface area contributed by atoms with Crippen LogP contribution in [-0.4, -0.2) is 54.4 Å². The second-order valence-corrected chi connectivity index (χ2v) is 6.16. The van der Waals surface area contributed by atoms with Crippen LogP contribution >= 0.6 is 0 Å². The van der Waals surface area contributed by atoms with Gasteiger partial charge in [-0.05, 0) is 32.1 Å². The third-order valence-corrected chi connectivity index (χ3v) is 4.59. The molecule has 0 saturated carbocycles. The molecule has 0 aromatic heterocycles. The molecule has 120 valence electrons. The van der Waals surface area contributed by atoms with Crippen molar-refractivity contribution in [3.63, 3.8) is 0 Å². The van der Waals surface area contributed by atoms with Gasteiger partial charge in [-0.15, -0.1) is 0 Å². The third-order valence-electron chi connectivity index (χ3n) is 4.59. The molecule has 21 heavy (non-hydrogen) atoms. The number of rotatable bonds is 6. The molecule has 2 aliphatic rings. The molecule has 0 bridgehead atoms. The molecule has 2 amide bonds. The Kier molecular flexibility index (Phi) is 5.45. The first-order valence-electron chi connectivity index (χ1n) is 7.95. The van der Waals surface area contributed by atoms with Gasteiger partial charge >= 0.3 is 12.0 Å². The molecule has 0 radical (unpaired) electrons. The molecule has 0 spiro atoms. The average molecular weight is 298 g/mol. The van der Waals surface area contributed by atoms with Gasteiger partial charge in [0, 0.05) is 26.2 Å². The maximum atomic E-state index is 12.1. The second-order valence-electron chi connectivity index (χ2n) is 6.16. The summed E-state index contributed by atoms with van der Waals surface area (Å²) < 4.78 is 5.51. The lowest BCUT2D eigenvalue weighted by Gasteiger charge is -2.24. The number of nitrogens with one attached hydrogen (secondary N) is 1. The summed E-state index contributed by atoms with van der Waals surface area (Å²) in [6.45, 7) is 4.24. The molecule has 0 aromatic carbocycles. The van der Waals surface area contributed by atoms with Crippen molar-refractivity contribution in [2.75, 3.05) is 26.2 Å². The van der Waals surface area contributed by atoms with Crippen molar-refractivity contribution in [3.8, 4) is 0 Å². The van der Waals surface area contributed by atoms with Gasteiger partial charge in [0.2, 0.25) is 0 Å². The fraction of sp³-hybridized carbons (Fsp3) is 0.867. The SMILES string of the molecule is CCCC1(C(=O)O)CCN(C(=O)NCCC2CCCO2)C1. The van der Waals surface area contributed by atoms with E-state index in [-0.39, 0.29) is 12.1 Å². The van der Waals surface area contributed by atoms with E-state index in [0.717, 1.165) is 32.3 Å². The number of hydrogen-bond donors (Lipinski definition) is 2. The molecule has 2 atom stereocenters. The van der Waals surface area contributed by atoms with Crippen LogP contribution in [-0.2, 0) is 9.53 Å². The van der Waals surface area contributed by atoms with E-state index in [1.165, 1.54) is 0 Å². The monoisotopic (exact) mass is 298 g/mol. The topological polar surface area (TPSA) is 78.9 Å². The Hall–Kier alpha value is -1.30. The summed E-state index contributed by atoms with van der Waals surface area (Å²) in [6.07, 6.45) is 5.26. The number of aliphatic carboxylic acids is 1. The number of amides is 2. The highest BCUT2D eigenvalue weighted by Crippen LogP contribution is 2.35. The fourth-order valence-corrected chi connectivity index (χ4v) is 3.33. The number of carboxylic acid groups (broad SMARTS) is 1. The van der Waals surface area contributed by atoms with Crippen molar-refractivity contribution < 1.29 is 19.4 Å². The van der Waals surface area contributed by atoms with E-state index < -0.39 is 11.4 Å². The van der Waals surface area contributed by atoms with Crippen LogP contribution < -0.4 is 5.32 Å². The fourth-order valence-electron chi connectivity index (χ4n) is 3.33. The Morgan fingerprint density at radius 3 is 2.90 bits per heavy atom. The molecule has 2 rings (SSSR count). The zero-order valence-corrected chi connectivity index (χ0v) is 12.8. The minimum Gasteiger partial charge on any atom is -0.481 e. The van der Waals surface area contributed by atoms with Crippen LogP contribution in [0.1, 0.15) is 45.4 Å². The van der Waals surface area contributed by atoms with Crippen LogP contribution in [0.4, 0.5) is 4.79 Å². The molecular weight excluding hydrogens is 272 g/mol. The lowest BCUT2D eigenvalue weighted by Crippen LogP contribution is -2.42. The predicted octanol–water partition coefficient (Wildman–Crippen LogP) is 1.84. The number of carboxylic acids is 1. The van der Waals surface area contributed by atoms with Gasteiger partial charge in [-0.3, -0.25) is 4.79 Å². The number of ether oxygens (including phenoxy) is 1. The molecule has 0 aromatic rings. The molecule has 2 N–H and O–H groups in total. The molecule has 6 heteroatoms. The van der Waals surface area contributed by atoms with E-state index in [9.17, 15) is 14.7 Å². The third kappa shape index (κ3) is 3.87. The van der Waals surface area contributed by atoms with Gasteiger partial charge in [0.25, 0.3) is 0 Å². The van der Waals surface area contributed by atoms with Crippen LogP contribution in [0.15, 0.2) is 0 Å². The van der Waals surface area contributed by atoms with Crippen molar-refractivity contribution >= 4 is 12.0 Å². The minimum absolute atomic E-state index is 0.146. The highest BCUT2D eigenvalue weighted by atomic mass is 16.5. The van der Waals surface area contributed by atoms with E-state index in [0.29, 0.717) is 32.5 Å². The Balaban J connectivity index is 1.76. The largest absolute Gasteiger partial charge is 0.481 e. The van der Waals surface area contributed by atoms with E-state index in [2.05, 4.69) is 5.32 Å². The quantitative estimate of drug-likeness (QED) is 0.784. The standard InChI is InChI=1S/C15H26N2O4/c1-2-6-15(13(18)19)7-9-17(11-15)14(20)16-8-5-12-4-3-10-21-12/h12H,2-11H2,1H3,(H,16,20)(H,18,19). The Morgan fingerprint density at radius 2 is 2.29 bits per heavy atom. The van der Waals surface area contributed by atoms with Gasteiger partial charge in [-0.1, -0.05) is 13.3 Å². The summed E-state index contributed by atoms with van der Waals surface area (Å²) in [4.78, 5) is 25.2. The maximum Gasteiger partial charge on any atom is 0.317 e. The highest BCUT2D eigenvalue weighted by Gasteiger charge is 2.45. The van der Waals surface area contributed by atoms with Crippen molar-refractivity contribution in [2.45, 2.75) is 51.6 Å². The van der Waals surface area contributed by atoms with Gasteiger partial charge in [0.1, 0.15) is 0 Å². The summed E-state index contributed by atoms with van der Waals surface area (Å²) >= 11 is 0. The number of carbonyl (C=O) groups excluding carboxylic acids is 1. The summed E-state index contributed by atoms with van der Waals surface area (Å²) in [5, 5.41) is 12.3. The summed E-state index contributed by atoms with van der Waals surface area (Å²) in [5.41, 5.74) is -0.749. The number of hydrogen-bond acceptors (Lipinski definition) is 3. The first-order chi connectivity index (χ1) is 10.1. The molecule has 0 aliphatic carbocycles. The molecule has 2 unspecified atom stereocenters. The summed E-state index contributed by atoms with van der Waals surface area (Å²) in [7, 11) is 0. The summed E-state index contributed by atoms with van der Waals surface area (Å²) in [5.74, 6) is -0.779. The van der Waals surface area contributed by atoms with Crippen LogP contribution in [0.5, 0.6) is 0 Å². The number of likely N-dealkylation sites (tertiary alicyclic amines) is 1. The number of nitrogens with zero attached hydrogens (tertiary/aromatic N) is 1. The molecule has 2 heterocycles. The predicted molar refractivity (Wildman–Crippen MR) is 78.2 cm³/mol. The van der Waals surface area contributed by atoms with Gasteiger partial charge in [0.15, 0.2) is 0 Å². The van der Waals surface area contributed by atoms with E-state index in [1.54, 1.807) is 4.90 Å². The Labute approximate surface area is 125 Å². The van der Waals surface area contributed by atoms with Crippen LogP contribution in [0.2, 0.25) is 0 Å². The van der Waals surface area contributed by atoms with E-state index in [1.807, 2.05) is 6.92 Å². The minimum atomic E-state index is -0.779. The van der Waals surface area contributed by atoms with Crippen molar-refractivity contribution in [1.29, 1.82) is 0 Å². The smallest absolute Gasteiger partial charge is 0.317 e. The first kappa shape index (κ1) is 16.1. The normalized spacial score (nSPS) is 28.8. The molecule has 6 nitrogen and oxygen atoms in total. The lowest BCUT2D eigenvalue weighted by molar-refractivity contribution is -0.148. The van der Waals surface area contributed by atoms with Gasteiger partial charge in [0.05, 0.1) is 11.5 Å². The van der Waals surface area contributed by atoms with Gasteiger partial charge in [-0.2, -0.15) is 0 Å². The van der Waals surface area contributed by atoms with Crippen molar-refractivity contribution in [1.82, 2.24) is 10.2 Å². The second kappa shape index (κ2) is 7.11. The summed E-state index contributed by atoms with van der Waals surface area (Å²) in [6, 6.07) is -0.146. The Bertz CT molecular complexity index is 382. The van der Waals surface area contributed by atoms with Crippen LogP contribution in [0.3, 0.4) is 0 Å². The average Bonchev–Trinajstić information content (AvgIpc) is 3.09. The molecule has 2 aliphatic heterocycles. The van der Waals surface area contributed by atoms with E-state index in [4.69, 9.17) is 4.74 Å². The zero-order valence-electron chi connectivity index (χ0n) is 12.8. The molecular formula is C15H26N2O4. The first-order valence-corrected chi connectivity index (χ1v) is 7.95. The van der Waals surface area contributed by atoms with Crippen molar-refractivity contribution in [3.05, 3.63) is 0 Å². The Morgan fingerprint density at radius 1 is 1.48 bits per heavy atom. The van der Waals surface area contributed by atoms with Crippen molar-refractivity contribution in [2.24, 2.45) is 5.41 Å².